The number of carbonyl (C=O) groups is 1. The van der Waals surface area contributed by atoms with Crippen LogP contribution < -0.4 is 0 Å². The van der Waals surface area contributed by atoms with E-state index in [9.17, 15) is 13.6 Å². The van der Waals surface area contributed by atoms with E-state index in [1.807, 2.05) is 18.2 Å². The third-order valence-corrected chi connectivity index (χ3v) is 2.17. The van der Waals surface area contributed by atoms with E-state index in [4.69, 9.17) is 5.11 Å². The van der Waals surface area contributed by atoms with Crippen molar-refractivity contribution < 1.29 is 38.8 Å². The number of hydrogen-bond acceptors (Lipinski definition) is 3. The molecule has 7 heteroatoms. The number of carboxylic acids is 1. The zero-order valence-electron chi connectivity index (χ0n) is 12.3. The van der Waals surface area contributed by atoms with Gasteiger partial charge in [-0.1, -0.05) is 12.1 Å². The standard InChI is InChI=1S/C6H3F2.C6H5NO2.C5H5N.Ir/c7-5-2-1-3-6(8)4-5;8-6(9)5-3-1-2-4-7-5;1-2-4-6-5-3-1;/h2-4H;1-4H,(H,8,9);1-5H;/q-1;;;. The largest absolute Gasteiger partial charge is 0.477 e. The zero-order chi connectivity index (χ0) is 16.9. The molecule has 24 heavy (non-hydrogen) atoms. The quantitative estimate of drug-likeness (QED) is 0.511. The van der Waals surface area contributed by atoms with Crippen LogP contribution in [-0.2, 0) is 20.1 Å². The Morgan fingerprint density at radius 3 is 1.79 bits per heavy atom. The molecule has 0 fully saturated rings. The summed E-state index contributed by atoms with van der Waals surface area (Å²) in [5.74, 6) is -2.18. The number of hydrogen-bond donors (Lipinski definition) is 1. The Balaban J connectivity index is 0.000000330. The van der Waals surface area contributed by atoms with E-state index in [1.54, 1.807) is 24.5 Å². The molecule has 0 bridgehead atoms. The maximum Gasteiger partial charge on any atom is 0.354 e. The predicted molar refractivity (Wildman–Crippen MR) is 80.6 cm³/mol. The molecule has 127 valence electrons. The average Bonchev–Trinajstić information content (AvgIpc) is 2.58. The van der Waals surface area contributed by atoms with Gasteiger partial charge in [0.15, 0.2) is 0 Å². The molecule has 0 atom stereocenters. The van der Waals surface area contributed by atoms with Crippen LogP contribution in [0, 0.1) is 17.7 Å². The van der Waals surface area contributed by atoms with E-state index in [1.165, 1.54) is 12.3 Å². The second-order valence-corrected chi connectivity index (χ2v) is 3.91. The Morgan fingerprint density at radius 2 is 1.54 bits per heavy atom. The fourth-order valence-electron chi connectivity index (χ4n) is 1.22. The molecule has 4 nitrogen and oxygen atoms in total. The smallest absolute Gasteiger partial charge is 0.354 e. The summed E-state index contributed by atoms with van der Waals surface area (Å²) in [5.41, 5.74) is 0.0810. The molecule has 0 saturated carbocycles. The van der Waals surface area contributed by atoms with Crippen molar-refractivity contribution in [3.05, 3.63) is 96.6 Å². The van der Waals surface area contributed by atoms with Crippen molar-refractivity contribution in [2.24, 2.45) is 0 Å². The molecule has 1 aromatic carbocycles. The molecule has 1 N–H and O–H groups in total. The van der Waals surface area contributed by atoms with Gasteiger partial charge < -0.3 is 5.11 Å². The van der Waals surface area contributed by atoms with E-state index in [0.29, 0.717) is 0 Å². The second-order valence-electron chi connectivity index (χ2n) is 3.91. The van der Waals surface area contributed by atoms with E-state index < -0.39 is 17.6 Å². The van der Waals surface area contributed by atoms with Crippen molar-refractivity contribution in [1.82, 2.24) is 9.97 Å². The first-order valence-electron chi connectivity index (χ1n) is 6.41. The van der Waals surface area contributed by atoms with E-state index >= 15 is 0 Å². The summed E-state index contributed by atoms with van der Waals surface area (Å²) in [6.45, 7) is 0. The maximum atomic E-state index is 11.9. The minimum Gasteiger partial charge on any atom is -0.477 e. The van der Waals surface area contributed by atoms with Gasteiger partial charge in [-0.15, -0.1) is 18.2 Å². The van der Waals surface area contributed by atoms with E-state index in [2.05, 4.69) is 16.0 Å². The topological polar surface area (TPSA) is 63.1 Å². The van der Waals surface area contributed by atoms with Crippen LogP contribution in [0.2, 0.25) is 0 Å². The first-order valence-corrected chi connectivity index (χ1v) is 6.41. The number of nitrogens with zero attached hydrogens (tertiary/aromatic N) is 2. The van der Waals surface area contributed by atoms with Crippen molar-refractivity contribution in [3.63, 3.8) is 0 Å². The van der Waals surface area contributed by atoms with Crippen LogP contribution in [0.5, 0.6) is 0 Å². The number of halogens is 2. The summed E-state index contributed by atoms with van der Waals surface area (Å²) in [7, 11) is 0. The predicted octanol–water partition coefficient (Wildman–Crippen LogP) is 3.62. The van der Waals surface area contributed by atoms with Gasteiger partial charge in [-0.3, -0.25) is 13.8 Å². The van der Waals surface area contributed by atoms with Crippen LogP contribution >= 0.6 is 0 Å². The number of carboxylic acid groups (broad SMARTS) is 1. The Morgan fingerprint density at radius 1 is 0.958 bits per heavy atom. The van der Waals surface area contributed by atoms with E-state index in [-0.39, 0.29) is 25.8 Å². The van der Waals surface area contributed by atoms with Crippen LogP contribution in [0.1, 0.15) is 10.5 Å². The molecule has 0 saturated heterocycles. The molecular formula is C17H13F2IrN2O2-. The average molecular weight is 508 g/mol. The Bertz CT molecular complexity index is 657. The number of aromatic nitrogens is 2. The molecular weight excluding hydrogens is 494 g/mol. The first kappa shape index (κ1) is 21.5. The third kappa shape index (κ3) is 10.3. The molecule has 0 amide bonds. The number of rotatable bonds is 1. The zero-order valence-corrected chi connectivity index (χ0v) is 14.7. The van der Waals surface area contributed by atoms with Crippen molar-refractivity contribution >= 4 is 5.97 Å². The SMILES string of the molecule is Fc1c[c-]cc(F)c1.O=C(O)c1ccccn1.[Ir].c1ccncc1. The van der Waals surface area contributed by atoms with Crippen molar-refractivity contribution in [2.75, 3.05) is 0 Å². The molecule has 3 rings (SSSR count). The van der Waals surface area contributed by atoms with Gasteiger partial charge in [-0.05, 0) is 24.3 Å². The summed E-state index contributed by atoms with van der Waals surface area (Å²) >= 11 is 0. The van der Waals surface area contributed by atoms with Crippen molar-refractivity contribution in [1.29, 1.82) is 0 Å². The van der Waals surface area contributed by atoms with Crippen LogP contribution in [-0.4, -0.2) is 21.0 Å². The van der Waals surface area contributed by atoms with Gasteiger partial charge in [0.05, 0.1) is 0 Å². The summed E-state index contributed by atoms with van der Waals surface area (Å²) in [5, 5.41) is 8.32. The molecule has 0 aliphatic heterocycles. The van der Waals surface area contributed by atoms with Crippen LogP contribution in [0.15, 0.2) is 73.2 Å². The minimum absolute atomic E-state index is 0. The fourth-order valence-corrected chi connectivity index (χ4v) is 1.22. The van der Waals surface area contributed by atoms with Crippen molar-refractivity contribution in [2.45, 2.75) is 0 Å². The van der Waals surface area contributed by atoms with Crippen molar-refractivity contribution in [3.8, 4) is 0 Å². The van der Waals surface area contributed by atoms with Gasteiger partial charge >= 0.3 is 5.97 Å². The van der Waals surface area contributed by atoms with E-state index in [0.717, 1.165) is 18.2 Å². The van der Waals surface area contributed by atoms with Crippen LogP contribution in [0.4, 0.5) is 8.78 Å². The van der Waals surface area contributed by atoms with Gasteiger partial charge in [0.25, 0.3) is 0 Å². The molecule has 0 aliphatic rings. The van der Waals surface area contributed by atoms with Gasteiger partial charge in [0.2, 0.25) is 0 Å². The summed E-state index contributed by atoms with van der Waals surface area (Å²) < 4.78 is 23.8. The molecule has 1 radical (unpaired) electrons. The summed E-state index contributed by atoms with van der Waals surface area (Å²) in [4.78, 5) is 17.5. The fraction of sp³-hybridized carbons (Fsp3) is 0. The third-order valence-electron chi connectivity index (χ3n) is 2.17. The van der Waals surface area contributed by atoms with Crippen LogP contribution in [0.3, 0.4) is 0 Å². The molecule has 0 unspecified atom stereocenters. The molecule has 2 heterocycles. The Kier molecular flexibility index (Phi) is 11.6. The normalized spacial score (nSPS) is 8.42. The monoisotopic (exact) mass is 508 g/mol. The van der Waals surface area contributed by atoms with Gasteiger partial charge in [0, 0.05) is 50.3 Å². The number of benzene rings is 1. The Labute approximate surface area is 151 Å². The number of aromatic carboxylic acids is 1. The summed E-state index contributed by atoms with van der Waals surface area (Å²) in [6, 6.07) is 15.7. The maximum absolute atomic E-state index is 11.9. The number of pyridine rings is 2. The molecule has 0 spiro atoms. The van der Waals surface area contributed by atoms with Gasteiger partial charge in [-0.2, -0.15) is 6.07 Å². The van der Waals surface area contributed by atoms with Gasteiger partial charge in [0.1, 0.15) is 5.69 Å². The minimum atomic E-state index is -0.990. The van der Waals surface area contributed by atoms with Crippen LogP contribution in [0.25, 0.3) is 0 Å². The first-order chi connectivity index (χ1) is 11.1. The van der Waals surface area contributed by atoms with Gasteiger partial charge in [-0.25, -0.2) is 9.78 Å². The second kappa shape index (κ2) is 13.0. The molecule has 2 aromatic heterocycles. The molecule has 3 aromatic rings. The summed E-state index contributed by atoms with van der Waals surface area (Å²) in [6.07, 6.45) is 4.95. The molecule has 0 aliphatic carbocycles. The Hall–Kier alpha value is -2.50.